The fourth-order valence-electron chi connectivity index (χ4n) is 8.97. The summed E-state index contributed by atoms with van der Waals surface area (Å²) in [5.41, 5.74) is 0. The van der Waals surface area contributed by atoms with Crippen LogP contribution in [-0.4, -0.2) is 87.5 Å². The van der Waals surface area contributed by atoms with Crippen LogP contribution in [0.2, 0.25) is 0 Å². The molecular weight excluding hydrogens is 827 g/mol. The summed E-state index contributed by atoms with van der Waals surface area (Å²) in [5, 5.41) is 54.5. The molecule has 0 aliphatic carbocycles. The molecule has 0 radical (unpaired) electrons. The third kappa shape index (κ3) is 36.4. The van der Waals surface area contributed by atoms with E-state index in [0.29, 0.717) is 6.42 Å². The smallest absolute Gasteiger partial charge is 0.220 e. The van der Waals surface area contributed by atoms with Gasteiger partial charge in [-0.2, -0.15) is 0 Å². The van der Waals surface area contributed by atoms with Crippen LogP contribution in [0.5, 0.6) is 0 Å². The van der Waals surface area contributed by atoms with E-state index in [-0.39, 0.29) is 12.5 Å². The van der Waals surface area contributed by atoms with Crippen LogP contribution in [0, 0.1) is 0 Å². The molecule has 0 aromatic heterocycles. The molecule has 0 aromatic carbocycles. The summed E-state index contributed by atoms with van der Waals surface area (Å²) < 4.78 is 11.3. The number of aliphatic hydroxyl groups excluding tert-OH is 5. The number of ether oxygens (including phenoxy) is 2. The van der Waals surface area contributed by atoms with Gasteiger partial charge in [0.05, 0.1) is 25.4 Å². The summed E-state index contributed by atoms with van der Waals surface area (Å²) >= 11 is 0. The normalized spacial score (nSPS) is 20.0. The molecule has 1 heterocycles. The van der Waals surface area contributed by atoms with Crippen molar-refractivity contribution >= 4 is 5.91 Å². The van der Waals surface area contributed by atoms with Crippen LogP contribution in [0.15, 0.2) is 36.5 Å². The maximum Gasteiger partial charge on any atom is 0.220 e. The maximum absolute atomic E-state index is 13.0. The Hall–Kier alpha value is -1.59. The average molecular weight is 934 g/mol. The molecule has 7 atom stereocenters. The van der Waals surface area contributed by atoms with Crippen LogP contribution >= 0.6 is 0 Å². The molecule has 0 aromatic rings. The van der Waals surface area contributed by atoms with Gasteiger partial charge in [-0.1, -0.05) is 249 Å². The number of unbranched alkanes of at least 4 members (excludes halogenated alkanes) is 35. The Morgan fingerprint density at radius 1 is 0.515 bits per heavy atom. The van der Waals surface area contributed by atoms with Crippen molar-refractivity contribution in [3.05, 3.63) is 36.5 Å². The van der Waals surface area contributed by atoms with Gasteiger partial charge in [-0.05, 0) is 44.9 Å². The first-order valence-corrected chi connectivity index (χ1v) is 28.2. The van der Waals surface area contributed by atoms with Crippen LogP contribution in [0.25, 0.3) is 0 Å². The molecule has 7 unspecified atom stereocenters. The molecule has 6 N–H and O–H groups in total. The molecule has 1 rings (SSSR count). The Bertz CT molecular complexity index is 1130. The first-order chi connectivity index (χ1) is 32.3. The van der Waals surface area contributed by atoms with Gasteiger partial charge >= 0.3 is 0 Å². The Morgan fingerprint density at radius 3 is 1.30 bits per heavy atom. The first kappa shape index (κ1) is 62.4. The zero-order valence-electron chi connectivity index (χ0n) is 43.0. The van der Waals surface area contributed by atoms with Crippen molar-refractivity contribution in [2.24, 2.45) is 0 Å². The molecule has 9 heteroatoms. The van der Waals surface area contributed by atoms with E-state index in [0.717, 1.165) is 44.9 Å². The molecule has 0 saturated carbocycles. The van der Waals surface area contributed by atoms with E-state index in [2.05, 4.69) is 43.5 Å². The number of rotatable bonds is 48. The SMILES string of the molecule is CCCCC/C=C\C=C/CCCCCCCCCCCCC(=O)NC(COC1OC(CO)C(O)C(O)C1O)C(O)/C=C/CCCCCCCCCCCCCCCCCCCCCCCC. The van der Waals surface area contributed by atoms with Gasteiger partial charge in [0.1, 0.15) is 24.4 Å². The highest BCUT2D eigenvalue weighted by atomic mass is 16.7. The lowest BCUT2D eigenvalue weighted by Crippen LogP contribution is -2.60. The number of hydrogen-bond acceptors (Lipinski definition) is 8. The third-order valence-corrected chi connectivity index (χ3v) is 13.5. The molecule has 0 bridgehead atoms. The zero-order chi connectivity index (χ0) is 48.0. The van der Waals surface area contributed by atoms with E-state index in [1.807, 2.05) is 6.08 Å². The van der Waals surface area contributed by atoms with Gasteiger partial charge in [0.2, 0.25) is 5.91 Å². The third-order valence-electron chi connectivity index (χ3n) is 13.5. The maximum atomic E-state index is 13.0. The van der Waals surface area contributed by atoms with E-state index in [1.165, 1.54) is 199 Å². The number of amides is 1. The highest BCUT2D eigenvalue weighted by molar-refractivity contribution is 5.76. The monoisotopic (exact) mass is 934 g/mol. The Kier molecular flexibility index (Phi) is 44.6. The van der Waals surface area contributed by atoms with Gasteiger partial charge in [-0.25, -0.2) is 0 Å². The second kappa shape index (κ2) is 47.1. The lowest BCUT2D eigenvalue weighted by atomic mass is 9.99. The Balaban J connectivity index is 2.24. The largest absolute Gasteiger partial charge is 0.394 e. The Labute approximate surface area is 406 Å². The number of allylic oxidation sites excluding steroid dienone is 5. The number of aliphatic hydroxyl groups is 5. The van der Waals surface area contributed by atoms with Crippen molar-refractivity contribution in [3.63, 3.8) is 0 Å². The van der Waals surface area contributed by atoms with E-state index in [4.69, 9.17) is 9.47 Å². The van der Waals surface area contributed by atoms with Crippen molar-refractivity contribution in [1.82, 2.24) is 5.32 Å². The van der Waals surface area contributed by atoms with Crippen molar-refractivity contribution in [2.75, 3.05) is 13.2 Å². The minimum Gasteiger partial charge on any atom is -0.394 e. The molecule has 0 spiro atoms. The fourth-order valence-corrected chi connectivity index (χ4v) is 8.97. The zero-order valence-corrected chi connectivity index (χ0v) is 43.0. The van der Waals surface area contributed by atoms with Crippen LogP contribution < -0.4 is 5.32 Å². The number of carbonyl (C=O) groups is 1. The number of carbonyl (C=O) groups excluding carboxylic acids is 1. The second-order valence-corrected chi connectivity index (χ2v) is 19.8. The van der Waals surface area contributed by atoms with Gasteiger partial charge in [-0.3, -0.25) is 4.79 Å². The summed E-state index contributed by atoms with van der Waals surface area (Å²) in [6, 6.07) is -0.807. The van der Waals surface area contributed by atoms with E-state index < -0.39 is 49.5 Å². The van der Waals surface area contributed by atoms with Gasteiger partial charge < -0.3 is 40.3 Å². The van der Waals surface area contributed by atoms with E-state index in [1.54, 1.807) is 6.08 Å². The second-order valence-electron chi connectivity index (χ2n) is 19.8. The summed E-state index contributed by atoms with van der Waals surface area (Å²) in [5.74, 6) is -0.178. The molecule has 1 saturated heterocycles. The summed E-state index contributed by atoms with van der Waals surface area (Å²) in [4.78, 5) is 13.0. The van der Waals surface area contributed by atoms with Gasteiger partial charge in [0, 0.05) is 6.42 Å². The van der Waals surface area contributed by atoms with Crippen molar-refractivity contribution < 1.29 is 39.8 Å². The molecule has 9 nitrogen and oxygen atoms in total. The molecule has 388 valence electrons. The highest BCUT2D eigenvalue weighted by Gasteiger charge is 2.44. The molecule has 1 aliphatic rings. The van der Waals surface area contributed by atoms with Crippen molar-refractivity contribution in [1.29, 1.82) is 0 Å². The summed E-state index contributed by atoms with van der Waals surface area (Å²) in [7, 11) is 0. The van der Waals surface area contributed by atoms with Crippen LogP contribution in [-0.2, 0) is 14.3 Å². The summed E-state index contributed by atoms with van der Waals surface area (Å²) in [6.45, 7) is 3.77. The molecule has 66 heavy (non-hydrogen) atoms. The van der Waals surface area contributed by atoms with Crippen LogP contribution in [0.3, 0.4) is 0 Å². The Morgan fingerprint density at radius 2 is 0.879 bits per heavy atom. The molecule has 1 amide bonds. The lowest BCUT2D eigenvalue weighted by Gasteiger charge is -2.40. The van der Waals surface area contributed by atoms with Crippen LogP contribution in [0.4, 0.5) is 0 Å². The van der Waals surface area contributed by atoms with Gasteiger partial charge in [0.15, 0.2) is 6.29 Å². The highest BCUT2D eigenvalue weighted by Crippen LogP contribution is 2.23. The molecular formula is C57H107NO8. The van der Waals surface area contributed by atoms with Gasteiger partial charge in [-0.15, -0.1) is 0 Å². The molecule has 1 fully saturated rings. The molecule has 1 aliphatic heterocycles. The lowest BCUT2D eigenvalue weighted by molar-refractivity contribution is -0.302. The number of hydrogen-bond donors (Lipinski definition) is 6. The minimum atomic E-state index is -1.57. The standard InChI is InChI=1S/C57H107NO8/c1-3-5-7-9-11-13-15-17-19-21-23-24-25-26-27-29-30-32-34-36-38-40-42-44-46-51(60)50(49-65-57-56(64)55(63)54(62)52(48-59)66-57)58-53(61)47-45-43-41-39-37-35-33-31-28-22-20-18-16-14-12-10-8-6-4-2/h12,14,16,18,44,46,50-52,54-57,59-60,62-64H,3-11,13,15,17,19-43,45,47-49H2,1-2H3,(H,58,61)/b14-12-,18-16-,46-44+. The van der Waals surface area contributed by atoms with Crippen molar-refractivity contribution in [3.8, 4) is 0 Å². The quantitative estimate of drug-likeness (QED) is 0.0201. The summed E-state index contributed by atoms with van der Waals surface area (Å²) in [6.07, 6.45) is 53.4. The van der Waals surface area contributed by atoms with Crippen molar-refractivity contribution in [2.45, 2.75) is 307 Å². The predicted octanol–water partition coefficient (Wildman–Crippen LogP) is 13.6. The number of nitrogens with one attached hydrogen (secondary N) is 1. The topological polar surface area (TPSA) is 149 Å². The predicted molar refractivity (Wildman–Crippen MR) is 276 cm³/mol. The van der Waals surface area contributed by atoms with Gasteiger partial charge in [0.25, 0.3) is 0 Å². The first-order valence-electron chi connectivity index (χ1n) is 28.2. The minimum absolute atomic E-state index is 0.178. The van der Waals surface area contributed by atoms with E-state index in [9.17, 15) is 30.3 Å². The fraction of sp³-hybridized carbons (Fsp3) is 0.877. The van der Waals surface area contributed by atoms with E-state index >= 15 is 0 Å². The van der Waals surface area contributed by atoms with Crippen LogP contribution in [0.1, 0.15) is 264 Å². The average Bonchev–Trinajstić information content (AvgIpc) is 3.32.